The van der Waals surface area contributed by atoms with E-state index in [2.05, 4.69) is 0 Å². The maximum absolute atomic E-state index is 12.7. The highest BCUT2D eigenvalue weighted by Crippen LogP contribution is 2.28. The van der Waals surface area contributed by atoms with Gasteiger partial charge in [-0.1, -0.05) is 54.6 Å². The molecule has 1 aliphatic rings. The fourth-order valence-corrected chi connectivity index (χ4v) is 3.04. The number of carbonyl (C=O) groups is 2. The Bertz CT molecular complexity index is 1040. The smallest absolute Gasteiger partial charge is 0.194 e. The Morgan fingerprint density at radius 3 is 1.88 bits per heavy atom. The molecule has 0 saturated carbocycles. The van der Waals surface area contributed by atoms with Gasteiger partial charge >= 0.3 is 0 Å². The van der Waals surface area contributed by atoms with E-state index in [0.29, 0.717) is 22.3 Å². The Morgan fingerprint density at radius 2 is 1.20 bits per heavy atom. The van der Waals surface area contributed by atoms with E-state index in [1.165, 1.54) is 0 Å². The first-order chi connectivity index (χ1) is 12.1. The van der Waals surface area contributed by atoms with E-state index < -0.39 is 0 Å². The number of phenols is 1. The monoisotopic (exact) mass is 326 g/mol. The highest BCUT2D eigenvalue weighted by molar-refractivity contribution is 6.28. The van der Waals surface area contributed by atoms with Gasteiger partial charge in [-0.3, -0.25) is 9.59 Å². The van der Waals surface area contributed by atoms with E-state index in [-0.39, 0.29) is 17.3 Å². The molecule has 3 aromatic rings. The van der Waals surface area contributed by atoms with Crippen LogP contribution in [0.1, 0.15) is 43.0 Å². The summed E-state index contributed by atoms with van der Waals surface area (Å²) in [6.45, 7) is 0. The maximum atomic E-state index is 12.7. The summed E-state index contributed by atoms with van der Waals surface area (Å²) in [6.07, 6.45) is 3.71. The lowest BCUT2D eigenvalue weighted by Gasteiger charge is -2.17. The molecule has 3 aromatic carbocycles. The second kappa shape index (κ2) is 5.87. The number of ketones is 2. The van der Waals surface area contributed by atoms with Gasteiger partial charge in [0, 0.05) is 22.3 Å². The van der Waals surface area contributed by atoms with E-state index in [1.807, 2.05) is 24.3 Å². The van der Waals surface area contributed by atoms with Crippen LogP contribution in [0.2, 0.25) is 0 Å². The van der Waals surface area contributed by atoms with Crippen LogP contribution in [0.15, 0.2) is 66.7 Å². The molecule has 0 heterocycles. The minimum atomic E-state index is -0.127. The molecule has 0 aliphatic heterocycles. The first kappa shape index (κ1) is 15.1. The third kappa shape index (κ3) is 2.66. The van der Waals surface area contributed by atoms with Crippen LogP contribution in [0.5, 0.6) is 5.75 Å². The van der Waals surface area contributed by atoms with Crippen LogP contribution in [0.4, 0.5) is 0 Å². The number of aromatic hydroxyl groups is 1. The highest BCUT2D eigenvalue weighted by atomic mass is 16.3. The van der Waals surface area contributed by atoms with Gasteiger partial charge < -0.3 is 5.11 Å². The Hall–Kier alpha value is -3.46. The lowest BCUT2D eigenvalue weighted by molar-refractivity contribution is 0.0979. The van der Waals surface area contributed by atoms with Gasteiger partial charge in [0.1, 0.15) is 5.75 Å². The molecule has 25 heavy (non-hydrogen) atoms. The lowest BCUT2D eigenvalue weighted by Crippen LogP contribution is -2.20. The predicted octanol–water partition coefficient (Wildman–Crippen LogP) is 4.34. The minimum absolute atomic E-state index is 0.117. The van der Waals surface area contributed by atoms with Gasteiger partial charge in [-0.05, 0) is 35.4 Å². The predicted molar refractivity (Wildman–Crippen MR) is 96.8 cm³/mol. The third-order valence-corrected chi connectivity index (χ3v) is 4.29. The molecule has 3 nitrogen and oxygen atoms in total. The first-order valence-electron chi connectivity index (χ1n) is 7.93. The van der Waals surface area contributed by atoms with Crippen LogP contribution in [0, 0.1) is 0 Å². The van der Waals surface area contributed by atoms with Crippen molar-refractivity contribution in [1.29, 1.82) is 0 Å². The molecule has 4 rings (SSSR count). The van der Waals surface area contributed by atoms with Gasteiger partial charge in [0.15, 0.2) is 11.6 Å². The number of phenolic OH excluding ortho intramolecular Hbond substituents is 1. The summed E-state index contributed by atoms with van der Waals surface area (Å²) in [5.74, 6) is -0.0449. The number of rotatable bonds is 2. The fraction of sp³-hybridized carbons (Fsp3) is 0. The number of carbonyl (C=O) groups excluding carboxylic acids is 2. The topological polar surface area (TPSA) is 54.4 Å². The quantitative estimate of drug-likeness (QED) is 0.558. The molecule has 1 aliphatic carbocycles. The average Bonchev–Trinajstić information content (AvgIpc) is 2.64. The van der Waals surface area contributed by atoms with Gasteiger partial charge in [-0.25, -0.2) is 0 Å². The number of hydrogen-bond acceptors (Lipinski definition) is 3. The van der Waals surface area contributed by atoms with Crippen molar-refractivity contribution in [2.45, 2.75) is 0 Å². The van der Waals surface area contributed by atoms with E-state index >= 15 is 0 Å². The van der Waals surface area contributed by atoms with Crippen LogP contribution < -0.4 is 0 Å². The number of benzene rings is 3. The van der Waals surface area contributed by atoms with Crippen LogP contribution in [-0.2, 0) is 0 Å². The Labute approximate surface area is 144 Å². The first-order valence-corrected chi connectivity index (χ1v) is 7.93. The van der Waals surface area contributed by atoms with Gasteiger partial charge in [0.05, 0.1) is 0 Å². The van der Waals surface area contributed by atoms with Crippen molar-refractivity contribution in [3.05, 3.63) is 100 Å². The summed E-state index contributed by atoms with van der Waals surface area (Å²) in [6, 6.07) is 19.1. The molecular formula is C22H14O3. The van der Waals surface area contributed by atoms with Crippen molar-refractivity contribution in [3.63, 3.8) is 0 Å². The molecule has 0 spiro atoms. The second-order valence-electron chi connectivity index (χ2n) is 5.94. The van der Waals surface area contributed by atoms with Crippen LogP contribution >= 0.6 is 0 Å². The molecule has 0 unspecified atom stereocenters. The summed E-state index contributed by atoms with van der Waals surface area (Å²) in [7, 11) is 0. The normalized spacial score (nSPS) is 13.0. The molecule has 0 amide bonds. The number of hydrogen-bond donors (Lipinski definition) is 1. The summed E-state index contributed by atoms with van der Waals surface area (Å²) < 4.78 is 0. The zero-order chi connectivity index (χ0) is 17.4. The molecule has 0 aromatic heterocycles. The molecule has 0 radical (unpaired) electrons. The van der Waals surface area contributed by atoms with Crippen LogP contribution in [0.3, 0.4) is 0 Å². The molecule has 3 heteroatoms. The summed E-state index contributed by atoms with van der Waals surface area (Å²) in [5.41, 5.74) is 3.46. The average molecular weight is 326 g/mol. The molecule has 0 fully saturated rings. The van der Waals surface area contributed by atoms with Crippen molar-refractivity contribution in [2.75, 3.05) is 0 Å². The number of fused-ring (bicyclic) bond motifs is 2. The van der Waals surface area contributed by atoms with Gasteiger partial charge in [0.2, 0.25) is 0 Å². The summed E-state index contributed by atoms with van der Waals surface area (Å²) in [4.78, 5) is 25.3. The highest BCUT2D eigenvalue weighted by Gasteiger charge is 2.28. The standard InChI is InChI=1S/C22H14O3/c23-16-5-3-4-14(12-16)8-9-15-10-11-19-20(13-15)22(25)18-7-2-1-6-17(18)21(19)24/h1-13,23H. The summed E-state index contributed by atoms with van der Waals surface area (Å²) in [5, 5.41) is 9.51. The zero-order valence-corrected chi connectivity index (χ0v) is 13.3. The van der Waals surface area contributed by atoms with E-state index in [1.54, 1.807) is 54.6 Å². The molecule has 0 atom stereocenters. The van der Waals surface area contributed by atoms with E-state index in [4.69, 9.17) is 0 Å². The largest absolute Gasteiger partial charge is 0.508 e. The van der Waals surface area contributed by atoms with Crippen molar-refractivity contribution >= 4 is 23.7 Å². The minimum Gasteiger partial charge on any atom is -0.508 e. The van der Waals surface area contributed by atoms with Gasteiger partial charge in [0.25, 0.3) is 0 Å². The van der Waals surface area contributed by atoms with E-state index in [0.717, 1.165) is 11.1 Å². The van der Waals surface area contributed by atoms with Gasteiger partial charge in [-0.15, -0.1) is 0 Å². The maximum Gasteiger partial charge on any atom is 0.194 e. The fourth-order valence-electron chi connectivity index (χ4n) is 3.04. The van der Waals surface area contributed by atoms with Crippen molar-refractivity contribution in [2.24, 2.45) is 0 Å². The Morgan fingerprint density at radius 1 is 0.600 bits per heavy atom. The Balaban J connectivity index is 1.73. The molecule has 120 valence electrons. The van der Waals surface area contributed by atoms with Crippen molar-refractivity contribution in [3.8, 4) is 5.75 Å². The molecule has 0 bridgehead atoms. The van der Waals surface area contributed by atoms with Crippen LogP contribution in [-0.4, -0.2) is 16.7 Å². The van der Waals surface area contributed by atoms with Crippen LogP contribution in [0.25, 0.3) is 12.2 Å². The van der Waals surface area contributed by atoms with Gasteiger partial charge in [-0.2, -0.15) is 0 Å². The SMILES string of the molecule is O=C1c2ccccc2C(=O)c2cc(C=Cc3cccc(O)c3)ccc21. The summed E-state index contributed by atoms with van der Waals surface area (Å²) >= 11 is 0. The molecule has 0 saturated heterocycles. The van der Waals surface area contributed by atoms with E-state index in [9.17, 15) is 14.7 Å². The molecule has 1 N–H and O–H groups in total. The third-order valence-electron chi connectivity index (χ3n) is 4.29. The Kier molecular flexibility index (Phi) is 3.55. The lowest BCUT2D eigenvalue weighted by atomic mass is 9.83. The zero-order valence-electron chi connectivity index (χ0n) is 13.3. The molecular weight excluding hydrogens is 312 g/mol. The van der Waals surface area contributed by atoms with Crippen molar-refractivity contribution < 1.29 is 14.7 Å². The van der Waals surface area contributed by atoms with Crippen molar-refractivity contribution in [1.82, 2.24) is 0 Å². The second-order valence-corrected chi connectivity index (χ2v) is 5.94.